The van der Waals surface area contributed by atoms with E-state index in [0.717, 1.165) is 23.7 Å². The Morgan fingerprint density at radius 1 is 1.27 bits per heavy atom. The first-order chi connectivity index (χ1) is 15.7. The Bertz CT molecular complexity index is 978. The molecule has 1 heterocycles. The van der Waals surface area contributed by atoms with Crippen LogP contribution in [0.3, 0.4) is 0 Å². The van der Waals surface area contributed by atoms with Crippen molar-refractivity contribution in [2.45, 2.75) is 78.0 Å². The van der Waals surface area contributed by atoms with Gasteiger partial charge in [-0.2, -0.15) is 0 Å². The first-order valence-corrected chi connectivity index (χ1v) is 12.8. The minimum absolute atomic E-state index is 0.0337. The molecule has 0 unspecified atom stereocenters. The van der Waals surface area contributed by atoms with Crippen LogP contribution in [0.25, 0.3) is 0 Å². The summed E-state index contributed by atoms with van der Waals surface area (Å²) in [6.07, 6.45) is 2.05. The van der Waals surface area contributed by atoms with Gasteiger partial charge < -0.3 is 20.8 Å². The highest BCUT2D eigenvalue weighted by Crippen LogP contribution is 2.62. The summed E-state index contributed by atoms with van der Waals surface area (Å²) in [5.41, 5.74) is 1.39. The SMILES string of the molecule is CC(C)NC(=O)C[C@@H]1c2nc(NCc3ccccc3)sc2C[C@@H]2[C@](C)(CO)[C@H](O)CC[C@]21C. The highest BCUT2D eigenvalue weighted by atomic mass is 32.1. The number of aliphatic hydroxyl groups excluding tert-OH is 2. The van der Waals surface area contributed by atoms with E-state index >= 15 is 0 Å². The molecule has 6 nitrogen and oxygen atoms in total. The van der Waals surface area contributed by atoms with E-state index in [-0.39, 0.29) is 35.8 Å². The molecule has 0 spiro atoms. The summed E-state index contributed by atoms with van der Waals surface area (Å²) in [6.45, 7) is 8.83. The van der Waals surface area contributed by atoms with Crippen LogP contribution >= 0.6 is 11.3 Å². The van der Waals surface area contributed by atoms with Gasteiger partial charge in [-0.3, -0.25) is 4.79 Å². The maximum absolute atomic E-state index is 12.9. The molecular weight excluding hydrogens is 434 g/mol. The Hall–Kier alpha value is -1.96. The zero-order valence-corrected chi connectivity index (χ0v) is 20.9. The summed E-state index contributed by atoms with van der Waals surface area (Å²) in [5, 5.41) is 28.6. The van der Waals surface area contributed by atoms with Crippen molar-refractivity contribution in [2.24, 2.45) is 16.7 Å². The number of amides is 1. The number of aromatic nitrogens is 1. The lowest BCUT2D eigenvalue weighted by Crippen LogP contribution is -2.57. The summed E-state index contributed by atoms with van der Waals surface area (Å²) >= 11 is 1.65. The van der Waals surface area contributed by atoms with Gasteiger partial charge in [0.1, 0.15) is 0 Å². The molecule has 5 atom stereocenters. The van der Waals surface area contributed by atoms with Crippen LogP contribution in [0.1, 0.15) is 69.0 Å². The number of anilines is 1. The first-order valence-electron chi connectivity index (χ1n) is 12.0. The van der Waals surface area contributed by atoms with E-state index in [0.29, 0.717) is 19.4 Å². The average molecular weight is 472 g/mol. The number of thiazole rings is 1. The van der Waals surface area contributed by atoms with Gasteiger partial charge in [-0.1, -0.05) is 44.2 Å². The van der Waals surface area contributed by atoms with E-state index in [9.17, 15) is 15.0 Å². The molecule has 0 saturated heterocycles. The lowest BCUT2D eigenvalue weighted by atomic mass is 9.47. The van der Waals surface area contributed by atoms with E-state index in [1.807, 2.05) is 39.0 Å². The normalized spacial score (nSPS) is 31.1. The van der Waals surface area contributed by atoms with Crippen LogP contribution in [0.4, 0.5) is 5.13 Å². The number of benzene rings is 1. The largest absolute Gasteiger partial charge is 0.396 e. The second kappa shape index (κ2) is 9.35. The van der Waals surface area contributed by atoms with Gasteiger partial charge in [-0.15, -0.1) is 11.3 Å². The van der Waals surface area contributed by atoms with Crippen molar-refractivity contribution in [3.63, 3.8) is 0 Å². The number of carbonyl (C=O) groups excluding carboxylic acids is 1. The molecule has 4 N–H and O–H groups in total. The smallest absolute Gasteiger partial charge is 0.220 e. The van der Waals surface area contributed by atoms with E-state index in [2.05, 4.69) is 29.7 Å². The van der Waals surface area contributed by atoms with Crippen molar-refractivity contribution in [2.75, 3.05) is 11.9 Å². The fraction of sp³-hybridized carbons (Fsp3) is 0.615. The van der Waals surface area contributed by atoms with E-state index in [1.165, 1.54) is 10.4 Å². The lowest BCUT2D eigenvalue weighted by molar-refractivity contribution is -0.144. The molecule has 33 heavy (non-hydrogen) atoms. The maximum Gasteiger partial charge on any atom is 0.220 e. The molecule has 2 aromatic rings. The summed E-state index contributed by atoms with van der Waals surface area (Å²) in [7, 11) is 0. The first kappa shape index (κ1) is 24.2. The summed E-state index contributed by atoms with van der Waals surface area (Å²) in [6, 6.07) is 10.3. The van der Waals surface area contributed by atoms with Crippen LogP contribution in [0.15, 0.2) is 30.3 Å². The van der Waals surface area contributed by atoms with Gasteiger partial charge in [0.05, 0.1) is 18.4 Å². The topological polar surface area (TPSA) is 94.5 Å². The third-order valence-electron chi connectivity index (χ3n) is 8.02. The molecule has 1 amide bonds. The highest BCUT2D eigenvalue weighted by Gasteiger charge is 2.59. The van der Waals surface area contributed by atoms with Gasteiger partial charge in [-0.25, -0.2) is 4.98 Å². The Morgan fingerprint density at radius 2 is 2.00 bits per heavy atom. The number of hydrogen-bond acceptors (Lipinski definition) is 6. The molecular formula is C26H37N3O3S. The summed E-state index contributed by atoms with van der Waals surface area (Å²) in [4.78, 5) is 19.1. The Kier molecular flexibility index (Phi) is 6.85. The number of aliphatic hydroxyl groups is 2. The molecule has 4 rings (SSSR count). The van der Waals surface area contributed by atoms with Gasteiger partial charge in [0.25, 0.3) is 0 Å². The fourth-order valence-electron chi connectivity index (χ4n) is 6.06. The molecule has 180 valence electrons. The van der Waals surface area contributed by atoms with E-state index < -0.39 is 11.5 Å². The molecule has 1 saturated carbocycles. The lowest BCUT2D eigenvalue weighted by Gasteiger charge is -2.58. The van der Waals surface area contributed by atoms with Gasteiger partial charge >= 0.3 is 0 Å². The van der Waals surface area contributed by atoms with E-state index in [1.54, 1.807) is 11.3 Å². The summed E-state index contributed by atoms with van der Waals surface area (Å²) in [5.74, 6) is 0.0591. The maximum atomic E-state index is 12.9. The van der Waals surface area contributed by atoms with Crippen molar-refractivity contribution in [3.05, 3.63) is 46.5 Å². The molecule has 0 aliphatic heterocycles. The predicted octanol–water partition coefficient (Wildman–Crippen LogP) is 4.09. The Balaban J connectivity index is 1.68. The molecule has 0 bridgehead atoms. The van der Waals surface area contributed by atoms with Crippen molar-refractivity contribution in [1.29, 1.82) is 0 Å². The van der Waals surface area contributed by atoms with Crippen LogP contribution in [-0.2, 0) is 17.8 Å². The predicted molar refractivity (Wildman–Crippen MR) is 132 cm³/mol. The molecule has 2 aliphatic carbocycles. The molecule has 1 fully saturated rings. The number of rotatable bonds is 7. The molecule has 7 heteroatoms. The quantitative estimate of drug-likeness (QED) is 0.488. The number of nitrogens with one attached hydrogen (secondary N) is 2. The van der Waals surface area contributed by atoms with Crippen LogP contribution < -0.4 is 10.6 Å². The second-order valence-corrected chi connectivity index (χ2v) is 11.7. The molecule has 1 aromatic carbocycles. The van der Waals surface area contributed by atoms with Crippen LogP contribution in [0.2, 0.25) is 0 Å². The molecule has 2 aliphatic rings. The van der Waals surface area contributed by atoms with Crippen molar-refractivity contribution in [1.82, 2.24) is 10.3 Å². The standard InChI is InChI=1S/C26H37N3O3S/c1-16(2)28-22(32)12-18-23-19(33-24(29-23)27-14-17-8-6-5-7-9-17)13-20-25(18,3)11-10-21(31)26(20,4)15-30/h5-9,16,18,20-21,30-31H,10-15H2,1-4H3,(H,27,29)(H,28,32)/t18-,20+,21-,25+,26+/m1/s1. The Morgan fingerprint density at radius 3 is 2.67 bits per heavy atom. The van der Waals surface area contributed by atoms with Crippen LogP contribution in [0.5, 0.6) is 0 Å². The third kappa shape index (κ3) is 4.55. The summed E-state index contributed by atoms with van der Waals surface area (Å²) < 4.78 is 0. The number of fused-ring (bicyclic) bond motifs is 2. The van der Waals surface area contributed by atoms with Gasteiger partial charge in [0.15, 0.2) is 5.13 Å². The average Bonchev–Trinajstić information content (AvgIpc) is 3.19. The zero-order chi connectivity index (χ0) is 23.8. The molecule has 0 radical (unpaired) electrons. The minimum Gasteiger partial charge on any atom is -0.396 e. The zero-order valence-electron chi connectivity index (χ0n) is 20.1. The number of nitrogens with zero attached hydrogens (tertiary/aromatic N) is 1. The molecule has 1 aromatic heterocycles. The van der Waals surface area contributed by atoms with Gasteiger partial charge in [0, 0.05) is 35.2 Å². The monoisotopic (exact) mass is 471 g/mol. The van der Waals surface area contributed by atoms with Gasteiger partial charge in [0.2, 0.25) is 5.91 Å². The van der Waals surface area contributed by atoms with Gasteiger partial charge in [-0.05, 0) is 50.0 Å². The highest BCUT2D eigenvalue weighted by molar-refractivity contribution is 7.15. The van der Waals surface area contributed by atoms with Crippen LogP contribution in [-0.4, -0.2) is 39.9 Å². The minimum atomic E-state index is -0.598. The van der Waals surface area contributed by atoms with Crippen LogP contribution in [0, 0.1) is 16.7 Å². The second-order valence-electron chi connectivity index (χ2n) is 10.6. The van der Waals surface area contributed by atoms with Crippen molar-refractivity contribution < 1.29 is 15.0 Å². The third-order valence-corrected chi connectivity index (χ3v) is 9.07. The van der Waals surface area contributed by atoms with Crippen molar-refractivity contribution >= 4 is 22.4 Å². The number of carbonyl (C=O) groups is 1. The number of hydrogen-bond donors (Lipinski definition) is 4. The fourth-order valence-corrected chi connectivity index (χ4v) is 7.13. The van der Waals surface area contributed by atoms with Crippen molar-refractivity contribution in [3.8, 4) is 0 Å². The van der Waals surface area contributed by atoms with E-state index in [4.69, 9.17) is 4.98 Å². The Labute approximate surface area is 200 Å².